The van der Waals surface area contributed by atoms with E-state index in [0.29, 0.717) is 13.1 Å². The normalized spacial score (nSPS) is 14.8. The summed E-state index contributed by atoms with van der Waals surface area (Å²) in [4.78, 5) is 28.9. The Labute approximate surface area is 170 Å². The molecule has 1 aliphatic heterocycles. The van der Waals surface area contributed by atoms with Crippen LogP contribution < -0.4 is 5.32 Å². The average Bonchev–Trinajstić information content (AvgIpc) is 3.26. The van der Waals surface area contributed by atoms with E-state index in [-0.39, 0.29) is 24.8 Å². The van der Waals surface area contributed by atoms with Crippen LogP contribution in [0.2, 0.25) is 0 Å². The molecule has 1 aromatic heterocycles. The van der Waals surface area contributed by atoms with Gasteiger partial charge in [0.05, 0.1) is 25.8 Å². The van der Waals surface area contributed by atoms with Crippen LogP contribution in [0.25, 0.3) is 10.8 Å². The highest BCUT2D eigenvalue weighted by atomic mass is 16.3. The molecule has 0 bridgehead atoms. The number of rotatable bonds is 6. The van der Waals surface area contributed by atoms with Gasteiger partial charge in [0.1, 0.15) is 5.76 Å². The minimum Gasteiger partial charge on any atom is -0.468 e. The average molecular weight is 391 g/mol. The molecule has 150 valence electrons. The zero-order valence-electron chi connectivity index (χ0n) is 16.3. The number of nitrogens with zero attached hydrogens (tertiary/aromatic N) is 2. The first-order valence-corrected chi connectivity index (χ1v) is 9.95. The van der Waals surface area contributed by atoms with Crippen LogP contribution in [0.1, 0.15) is 11.3 Å². The molecule has 3 aromatic rings. The van der Waals surface area contributed by atoms with Crippen molar-refractivity contribution >= 4 is 22.6 Å². The summed E-state index contributed by atoms with van der Waals surface area (Å²) in [5.41, 5.74) is 0.972. The van der Waals surface area contributed by atoms with Crippen molar-refractivity contribution in [1.82, 2.24) is 15.1 Å². The fraction of sp³-hybridized carbons (Fsp3) is 0.304. The van der Waals surface area contributed by atoms with Gasteiger partial charge in [-0.3, -0.25) is 14.5 Å². The molecule has 0 unspecified atom stereocenters. The largest absolute Gasteiger partial charge is 0.468 e. The van der Waals surface area contributed by atoms with Crippen LogP contribution >= 0.6 is 0 Å². The zero-order valence-corrected chi connectivity index (χ0v) is 16.3. The Hall–Kier alpha value is -3.12. The number of furan rings is 1. The number of amides is 2. The lowest BCUT2D eigenvalue weighted by Crippen LogP contribution is -2.50. The number of hydrogen-bond donors (Lipinski definition) is 1. The van der Waals surface area contributed by atoms with E-state index < -0.39 is 0 Å². The third kappa shape index (κ3) is 4.84. The fourth-order valence-corrected chi connectivity index (χ4v) is 3.75. The van der Waals surface area contributed by atoms with Crippen LogP contribution in [-0.2, 0) is 22.6 Å². The Morgan fingerprint density at radius 3 is 2.52 bits per heavy atom. The van der Waals surface area contributed by atoms with Crippen LogP contribution in [0, 0.1) is 0 Å². The van der Waals surface area contributed by atoms with Crippen LogP contribution in [0.3, 0.4) is 0 Å². The van der Waals surface area contributed by atoms with Crippen LogP contribution in [0.4, 0.5) is 0 Å². The highest BCUT2D eigenvalue weighted by Gasteiger charge is 2.22. The number of carbonyl (C=O) groups is 2. The molecule has 0 aliphatic carbocycles. The van der Waals surface area contributed by atoms with Crippen LogP contribution in [-0.4, -0.2) is 54.3 Å². The highest BCUT2D eigenvalue weighted by Crippen LogP contribution is 2.18. The molecule has 4 rings (SSSR count). The van der Waals surface area contributed by atoms with Crippen molar-refractivity contribution in [2.24, 2.45) is 0 Å². The molecule has 0 saturated carbocycles. The molecule has 0 radical (unpaired) electrons. The molecule has 29 heavy (non-hydrogen) atoms. The number of benzene rings is 2. The fourth-order valence-electron chi connectivity index (χ4n) is 3.75. The van der Waals surface area contributed by atoms with Gasteiger partial charge in [-0.15, -0.1) is 0 Å². The van der Waals surface area contributed by atoms with Crippen molar-refractivity contribution in [2.75, 3.05) is 32.7 Å². The first kappa shape index (κ1) is 19.2. The molecule has 1 fully saturated rings. The summed E-state index contributed by atoms with van der Waals surface area (Å²) in [6.07, 6.45) is 1.95. The van der Waals surface area contributed by atoms with E-state index in [2.05, 4.69) is 10.2 Å². The van der Waals surface area contributed by atoms with Gasteiger partial charge in [0, 0.05) is 26.2 Å². The Kier molecular flexibility index (Phi) is 5.91. The second-order valence-corrected chi connectivity index (χ2v) is 7.33. The molecule has 1 aliphatic rings. The Bertz CT molecular complexity index is 971. The minimum absolute atomic E-state index is 0.0334. The maximum atomic E-state index is 12.5. The molecular formula is C23H25N3O3. The molecule has 6 heteroatoms. The van der Waals surface area contributed by atoms with Crippen molar-refractivity contribution in [3.05, 3.63) is 72.2 Å². The van der Waals surface area contributed by atoms with Crippen LogP contribution in [0.5, 0.6) is 0 Å². The van der Waals surface area contributed by atoms with E-state index in [1.54, 1.807) is 6.26 Å². The molecule has 2 amide bonds. The molecule has 1 saturated heterocycles. The summed E-state index contributed by atoms with van der Waals surface area (Å²) in [5.74, 6) is 0.769. The number of fused-ring (bicyclic) bond motifs is 1. The summed E-state index contributed by atoms with van der Waals surface area (Å²) >= 11 is 0. The zero-order chi connectivity index (χ0) is 20.1. The Morgan fingerprint density at radius 2 is 1.72 bits per heavy atom. The van der Waals surface area contributed by atoms with E-state index >= 15 is 0 Å². The lowest BCUT2D eigenvalue weighted by atomic mass is 10.0. The lowest BCUT2D eigenvalue weighted by Gasteiger charge is -2.34. The van der Waals surface area contributed by atoms with E-state index in [9.17, 15) is 9.59 Å². The van der Waals surface area contributed by atoms with Gasteiger partial charge in [-0.05, 0) is 28.5 Å². The second kappa shape index (κ2) is 8.92. The van der Waals surface area contributed by atoms with Crippen molar-refractivity contribution in [1.29, 1.82) is 0 Å². The molecule has 1 N–H and O–H groups in total. The first-order valence-electron chi connectivity index (χ1n) is 9.95. The van der Waals surface area contributed by atoms with Gasteiger partial charge >= 0.3 is 0 Å². The molecule has 0 atom stereocenters. The number of piperazine rings is 1. The minimum atomic E-state index is -0.133. The van der Waals surface area contributed by atoms with Gasteiger partial charge in [0.2, 0.25) is 11.8 Å². The molecule has 6 nitrogen and oxygen atoms in total. The number of carbonyl (C=O) groups excluding carboxylic acids is 2. The summed E-state index contributed by atoms with van der Waals surface area (Å²) in [5, 5.41) is 4.97. The predicted molar refractivity (Wildman–Crippen MR) is 111 cm³/mol. The highest BCUT2D eigenvalue weighted by molar-refractivity contribution is 5.91. The number of nitrogens with one attached hydrogen (secondary N) is 1. The van der Waals surface area contributed by atoms with E-state index in [4.69, 9.17) is 4.42 Å². The summed E-state index contributed by atoms with van der Waals surface area (Å²) < 4.78 is 5.38. The molecule has 2 heterocycles. The van der Waals surface area contributed by atoms with E-state index in [0.717, 1.165) is 41.7 Å². The maximum absolute atomic E-state index is 12.5. The van der Waals surface area contributed by atoms with Gasteiger partial charge in [-0.2, -0.15) is 0 Å². The SMILES string of the molecule is O=C(Cc1cccc2ccccc12)NCC(=O)N1CCN(Cc2ccco2)CC1. The van der Waals surface area contributed by atoms with Crippen molar-refractivity contribution in [3.63, 3.8) is 0 Å². The Balaban J connectivity index is 1.24. The van der Waals surface area contributed by atoms with Gasteiger partial charge in [0.15, 0.2) is 0 Å². The van der Waals surface area contributed by atoms with Gasteiger partial charge < -0.3 is 14.6 Å². The standard InChI is InChI=1S/C23H25N3O3/c27-22(15-19-7-3-6-18-5-1-2-9-21(18)19)24-16-23(28)26-12-10-25(11-13-26)17-20-8-4-14-29-20/h1-9,14H,10-13,15-17H2,(H,24,27). The topological polar surface area (TPSA) is 65.8 Å². The third-order valence-electron chi connectivity index (χ3n) is 5.35. The third-order valence-corrected chi connectivity index (χ3v) is 5.35. The van der Waals surface area contributed by atoms with Crippen molar-refractivity contribution < 1.29 is 14.0 Å². The number of hydrogen-bond acceptors (Lipinski definition) is 4. The smallest absolute Gasteiger partial charge is 0.242 e. The second-order valence-electron chi connectivity index (χ2n) is 7.33. The van der Waals surface area contributed by atoms with Gasteiger partial charge in [-0.25, -0.2) is 0 Å². The van der Waals surface area contributed by atoms with Gasteiger partial charge in [0.25, 0.3) is 0 Å². The molecule has 0 spiro atoms. The Morgan fingerprint density at radius 1 is 0.931 bits per heavy atom. The van der Waals surface area contributed by atoms with E-state index in [1.807, 2.05) is 59.5 Å². The summed E-state index contributed by atoms with van der Waals surface area (Å²) in [7, 11) is 0. The molecule has 2 aromatic carbocycles. The predicted octanol–water partition coefficient (Wildman–Crippen LogP) is 2.44. The summed E-state index contributed by atoms with van der Waals surface area (Å²) in [6.45, 7) is 3.74. The maximum Gasteiger partial charge on any atom is 0.242 e. The van der Waals surface area contributed by atoms with Crippen molar-refractivity contribution in [3.8, 4) is 0 Å². The van der Waals surface area contributed by atoms with E-state index in [1.165, 1.54) is 0 Å². The van der Waals surface area contributed by atoms with Crippen molar-refractivity contribution in [2.45, 2.75) is 13.0 Å². The quantitative estimate of drug-likeness (QED) is 0.701. The van der Waals surface area contributed by atoms with Crippen LogP contribution in [0.15, 0.2) is 65.3 Å². The van der Waals surface area contributed by atoms with Gasteiger partial charge in [-0.1, -0.05) is 42.5 Å². The molecular weight excluding hydrogens is 366 g/mol. The monoisotopic (exact) mass is 391 g/mol. The lowest BCUT2D eigenvalue weighted by molar-refractivity contribution is -0.134. The summed E-state index contributed by atoms with van der Waals surface area (Å²) in [6, 6.07) is 17.8. The first-order chi connectivity index (χ1) is 14.2.